The van der Waals surface area contributed by atoms with Crippen LogP contribution in [0.1, 0.15) is 43.5 Å². The SMILES string of the molecule is CC(=O)c1ccc(F)cc1OCC(=O)N1CCCC[C@H]1C. The summed E-state index contributed by atoms with van der Waals surface area (Å²) < 4.78 is 18.7. The molecule has 1 aromatic carbocycles. The Balaban J connectivity index is 2.04. The van der Waals surface area contributed by atoms with Crippen LogP contribution in [0.2, 0.25) is 0 Å². The summed E-state index contributed by atoms with van der Waals surface area (Å²) in [6.45, 7) is 3.95. The molecule has 0 spiro atoms. The minimum atomic E-state index is -0.492. The second-order valence-corrected chi connectivity index (χ2v) is 5.42. The van der Waals surface area contributed by atoms with Crippen LogP contribution in [0.5, 0.6) is 5.75 Å². The van der Waals surface area contributed by atoms with E-state index < -0.39 is 5.82 Å². The molecule has 1 aromatic rings. The van der Waals surface area contributed by atoms with E-state index in [4.69, 9.17) is 4.74 Å². The van der Waals surface area contributed by atoms with Crippen molar-refractivity contribution in [2.45, 2.75) is 39.2 Å². The maximum absolute atomic E-state index is 13.3. The number of piperidine rings is 1. The standard InChI is InChI=1S/C16H20FNO3/c1-11-5-3-4-8-18(11)16(20)10-21-15-9-13(17)6-7-14(15)12(2)19/h6-7,9,11H,3-5,8,10H2,1-2H3/t11-/m1/s1. The van der Waals surface area contributed by atoms with E-state index in [1.165, 1.54) is 19.1 Å². The fourth-order valence-electron chi connectivity index (χ4n) is 2.60. The quantitative estimate of drug-likeness (QED) is 0.802. The fourth-order valence-corrected chi connectivity index (χ4v) is 2.60. The van der Waals surface area contributed by atoms with Gasteiger partial charge >= 0.3 is 0 Å². The third-order valence-electron chi connectivity index (χ3n) is 3.80. The van der Waals surface area contributed by atoms with Gasteiger partial charge in [-0.15, -0.1) is 0 Å². The molecule has 1 saturated heterocycles. The minimum absolute atomic E-state index is 0.124. The summed E-state index contributed by atoms with van der Waals surface area (Å²) in [5.41, 5.74) is 0.288. The Morgan fingerprint density at radius 1 is 1.38 bits per heavy atom. The van der Waals surface area contributed by atoms with Crippen LogP contribution in [0.25, 0.3) is 0 Å². The second kappa shape index (κ2) is 6.70. The van der Waals surface area contributed by atoms with Crippen LogP contribution in [0.15, 0.2) is 18.2 Å². The van der Waals surface area contributed by atoms with Crippen molar-refractivity contribution in [2.24, 2.45) is 0 Å². The highest BCUT2D eigenvalue weighted by Crippen LogP contribution is 2.21. The lowest BCUT2D eigenvalue weighted by Crippen LogP contribution is -2.44. The number of hydrogen-bond donors (Lipinski definition) is 0. The lowest BCUT2D eigenvalue weighted by atomic mass is 10.0. The van der Waals surface area contributed by atoms with Gasteiger partial charge in [0.25, 0.3) is 5.91 Å². The molecule has 1 aliphatic rings. The molecule has 0 radical (unpaired) electrons. The van der Waals surface area contributed by atoms with Crippen LogP contribution in [0, 0.1) is 5.82 Å². The Hall–Kier alpha value is -1.91. The molecule has 0 unspecified atom stereocenters. The van der Waals surface area contributed by atoms with E-state index in [0.717, 1.165) is 31.9 Å². The number of benzene rings is 1. The second-order valence-electron chi connectivity index (χ2n) is 5.42. The first kappa shape index (κ1) is 15.5. The highest BCUT2D eigenvalue weighted by atomic mass is 19.1. The highest BCUT2D eigenvalue weighted by molar-refractivity contribution is 5.96. The number of rotatable bonds is 4. The van der Waals surface area contributed by atoms with Gasteiger partial charge in [0.1, 0.15) is 11.6 Å². The van der Waals surface area contributed by atoms with Crippen molar-refractivity contribution in [1.82, 2.24) is 4.90 Å². The zero-order valence-electron chi connectivity index (χ0n) is 12.4. The van der Waals surface area contributed by atoms with E-state index in [0.29, 0.717) is 0 Å². The van der Waals surface area contributed by atoms with Gasteiger partial charge in [-0.05, 0) is 45.2 Å². The van der Waals surface area contributed by atoms with E-state index in [1.54, 1.807) is 4.90 Å². The first-order valence-corrected chi connectivity index (χ1v) is 7.22. The van der Waals surface area contributed by atoms with Crippen LogP contribution in [0.4, 0.5) is 4.39 Å². The molecule has 1 heterocycles. The van der Waals surface area contributed by atoms with Crippen molar-refractivity contribution in [2.75, 3.05) is 13.2 Å². The number of amides is 1. The lowest BCUT2D eigenvalue weighted by molar-refractivity contribution is -0.136. The van der Waals surface area contributed by atoms with Crippen molar-refractivity contribution >= 4 is 11.7 Å². The average molecular weight is 293 g/mol. The normalized spacial score (nSPS) is 18.4. The molecule has 1 aliphatic heterocycles. The third kappa shape index (κ3) is 3.80. The Kier molecular flexibility index (Phi) is 4.94. The molecule has 1 atom stereocenters. The monoisotopic (exact) mass is 293 g/mol. The average Bonchev–Trinajstić information content (AvgIpc) is 2.45. The molecular weight excluding hydrogens is 273 g/mol. The maximum atomic E-state index is 13.3. The smallest absolute Gasteiger partial charge is 0.260 e. The van der Waals surface area contributed by atoms with Crippen LogP contribution in [-0.4, -0.2) is 35.8 Å². The fraction of sp³-hybridized carbons (Fsp3) is 0.500. The molecule has 1 fully saturated rings. The first-order valence-electron chi connectivity index (χ1n) is 7.22. The number of nitrogens with zero attached hydrogens (tertiary/aromatic N) is 1. The Bertz CT molecular complexity index is 544. The topological polar surface area (TPSA) is 46.6 Å². The maximum Gasteiger partial charge on any atom is 0.260 e. The van der Waals surface area contributed by atoms with Gasteiger partial charge in [0.2, 0.25) is 0 Å². The summed E-state index contributed by atoms with van der Waals surface area (Å²) in [7, 11) is 0. The summed E-state index contributed by atoms with van der Waals surface area (Å²) in [5, 5.41) is 0. The molecule has 0 N–H and O–H groups in total. The van der Waals surface area contributed by atoms with Gasteiger partial charge in [0.15, 0.2) is 12.4 Å². The molecule has 21 heavy (non-hydrogen) atoms. The molecule has 0 saturated carbocycles. The predicted molar refractivity (Wildman–Crippen MR) is 76.9 cm³/mol. The van der Waals surface area contributed by atoms with Gasteiger partial charge in [-0.2, -0.15) is 0 Å². The molecule has 114 valence electrons. The minimum Gasteiger partial charge on any atom is -0.483 e. The third-order valence-corrected chi connectivity index (χ3v) is 3.80. The molecule has 5 heteroatoms. The van der Waals surface area contributed by atoms with Gasteiger partial charge in [-0.25, -0.2) is 4.39 Å². The molecule has 1 amide bonds. The van der Waals surface area contributed by atoms with Crippen molar-refractivity contribution in [3.05, 3.63) is 29.6 Å². The van der Waals surface area contributed by atoms with Gasteiger partial charge in [-0.3, -0.25) is 9.59 Å². The van der Waals surface area contributed by atoms with E-state index in [1.807, 2.05) is 6.92 Å². The van der Waals surface area contributed by atoms with Crippen molar-refractivity contribution < 1.29 is 18.7 Å². The number of halogens is 1. The molecule has 0 bridgehead atoms. The number of likely N-dealkylation sites (tertiary alicyclic amines) is 1. The Labute approximate surface area is 123 Å². The van der Waals surface area contributed by atoms with E-state index in [-0.39, 0.29) is 35.7 Å². The number of Topliss-reactive ketones (excluding diaryl/α,β-unsaturated/α-hetero) is 1. The number of carbonyl (C=O) groups excluding carboxylic acids is 2. The van der Waals surface area contributed by atoms with Crippen LogP contribution in [-0.2, 0) is 4.79 Å². The van der Waals surface area contributed by atoms with Crippen LogP contribution < -0.4 is 4.74 Å². The number of hydrogen-bond acceptors (Lipinski definition) is 3. The largest absolute Gasteiger partial charge is 0.483 e. The number of ether oxygens (including phenoxy) is 1. The van der Waals surface area contributed by atoms with Gasteiger partial charge < -0.3 is 9.64 Å². The Morgan fingerprint density at radius 2 is 2.14 bits per heavy atom. The van der Waals surface area contributed by atoms with Gasteiger partial charge in [-0.1, -0.05) is 0 Å². The van der Waals surface area contributed by atoms with Crippen LogP contribution >= 0.6 is 0 Å². The molecule has 4 nitrogen and oxygen atoms in total. The van der Waals surface area contributed by atoms with Gasteiger partial charge in [0.05, 0.1) is 5.56 Å². The highest BCUT2D eigenvalue weighted by Gasteiger charge is 2.23. The summed E-state index contributed by atoms with van der Waals surface area (Å²) in [6.07, 6.45) is 3.11. The summed E-state index contributed by atoms with van der Waals surface area (Å²) in [5.74, 6) is -0.709. The van der Waals surface area contributed by atoms with Crippen molar-refractivity contribution in [3.8, 4) is 5.75 Å². The Morgan fingerprint density at radius 3 is 2.81 bits per heavy atom. The van der Waals surface area contributed by atoms with Crippen molar-refractivity contribution in [3.63, 3.8) is 0 Å². The number of ketones is 1. The number of carbonyl (C=O) groups is 2. The van der Waals surface area contributed by atoms with Crippen molar-refractivity contribution in [1.29, 1.82) is 0 Å². The first-order chi connectivity index (χ1) is 9.99. The predicted octanol–water partition coefficient (Wildman–Crippen LogP) is 2.81. The molecule has 0 aliphatic carbocycles. The van der Waals surface area contributed by atoms with E-state index in [9.17, 15) is 14.0 Å². The zero-order valence-corrected chi connectivity index (χ0v) is 12.4. The van der Waals surface area contributed by atoms with E-state index in [2.05, 4.69) is 0 Å². The lowest BCUT2D eigenvalue weighted by Gasteiger charge is -2.33. The summed E-state index contributed by atoms with van der Waals surface area (Å²) in [6, 6.07) is 3.93. The van der Waals surface area contributed by atoms with Crippen LogP contribution in [0.3, 0.4) is 0 Å². The zero-order chi connectivity index (χ0) is 15.4. The summed E-state index contributed by atoms with van der Waals surface area (Å²) in [4.78, 5) is 25.4. The summed E-state index contributed by atoms with van der Waals surface area (Å²) >= 11 is 0. The molecule has 2 rings (SSSR count). The van der Waals surface area contributed by atoms with E-state index >= 15 is 0 Å². The molecular formula is C16H20FNO3. The van der Waals surface area contributed by atoms with Gasteiger partial charge in [0, 0.05) is 18.7 Å². The molecule has 0 aromatic heterocycles.